The first-order chi connectivity index (χ1) is 14.9. The van der Waals surface area contributed by atoms with E-state index in [9.17, 15) is 8.42 Å². The first-order valence-electron chi connectivity index (χ1n) is 10.5. The number of piperidine rings is 1. The van der Waals surface area contributed by atoms with Crippen LogP contribution in [-0.2, 0) is 16.6 Å². The van der Waals surface area contributed by atoms with Crippen LogP contribution in [0.5, 0.6) is 5.75 Å². The molecule has 0 amide bonds. The summed E-state index contributed by atoms with van der Waals surface area (Å²) in [4.78, 5) is 13.1. The van der Waals surface area contributed by atoms with Crippen molar-refractivity contribution in [2.75, 3.05) is 50.4 Å². The van der Waals surface area contributed by atoms with E-state index in [0.717, 1.165) is 44.0 Å². The van der Waals surface area contributed by atoms with E-state index >= 15 is 0 Å². The van der Waals surface area contributed by atoms with Gasteiger partial charge in [-0.1, -0.05) is 17.7 Å². The van der Waals surface area contributed by atoms with Crippen molar-refractivity contribution < 1.29 is 13.2 Å². The Morgan fingerprint density at radius 3 is 2.35 bits per heavy atom. The monoisotopic (exact) mass is 465 g/mol. The van der Waals surface area contributed by atoms with E-state index in [1.54, 1.807) is 12.4 Å². The summed E-state index contributed by atoms with van der Waals surface area (Å²) in [5, 5.41) is 0.612. The summed E-state index contributed by atoms with van der Waals surface area (Å²) >= 11 is 6.51. The number of halogens is 1. The van der Waals surface area contributed by atoms with Crippen LogP contribution in [-0.4, -0.2) is 79.2 Å². The highest BCUT2D eigenvalue weighted by molar-refractivity contribution is 7.88. The third-order valence-corrected chi connectivity index (χ3v) is 7.37. The minimum absolute atomic E-state index is 0.118. The second-order valence-electron chi connectivity index (χ2n) is 8.06. The molecule has 10 heteroatoms. The summed E-state index contributed by atoms with van der Waals surface area (Å²) in [5.41, 5.74) is 1.10. The van der Waals surface area contributed by atoms with Crippen LogP contribution in [0.25, 0.3) is 0 Å². The van der Waals surface area contributed by atoms with Gasteiger partial charge >= 0.3 is 0 Å². The van der Waals surface area contributed by atoms with Crippen molar-refractivity contribution in [3.63, 3.8) is 0 Å². The Bertz CT molecular complexity index is 976. The number of nitrogens with zero attached hydrogens (tertiary/aromatic N) is 5. The summed E-state index contributed by atoms with van der Waals surface area (Å²) in [5.74, 6) is 1.47. The molecule has 1 aromatic heterocycles. The lowest BCUT2D eigenvalue weighted by molar-refractivity contribution is 0.170. The Balaban J connectivity index is 1.28. The highest BCUT2D eigenvalue weighted by Crippen LogP contribution is 2.29. The number of aromatic nitrogens is 2. The molecule has 0 bridgehead atoms. The van der Waals surface area contributed by atoms with Crippen LogP contribution in [0.2, 0.25) is 5.02 Å². The predicted octanol–water partition coefficient (Wildman–Crippen LogP) is 2.25. The van der Waals surface area contributed by atoms with Gasteiger partial charge in [0.15, 0.2) is 0 Å². The van der Waals surface area contributed by atoms with Crippen molar-refractivity contribution in [3.05, 3.63) is 47.2 Å². The van der Waals surface area contributed by atoms with Gasteiger partial charge in [0.05, 0.1) is 11.3 Å². The maximum absolute atomic E-state index is 11.7. The molecule has 0 aliphatic carbocycles. The summed E-state index contributed by atoms with van der Waals surface area (Å²) < 4.78 is 31.0. The summed E-state index contributed by atoms with van der Waals surface area (Å²) in [7, 11) is -3.11. The van der Waals surface area contributed by atoms with E-state index in [2.05, 4.69) is 19.8 Å². The van der Waals surface area contributed by atoms with Gasteiger partial charge in [-0.3, -0.25) is 4.90 Å². The van der Waals surface area contributed by atoms with Gasteiger partial charge in [0.2, 0.25) is 16.0 Å². The molecule has 2 saturated heterocycles. The van der Waals surface area contributed by atoms with Crippen LogP contribution in [0, 0.1) is 0 Å². The molecule has 0 saturated carbocycles. The standard InChI is InChI=1S/C21H28ClN5O3S/c1-31(28,29)27-13-11-25(12-14-27)16-17-3-4-20(19(22)15-17)30-18-5-9-26(10-6-18)21-23-7-2-8-24-21/h2-4,7-8,15,18H,5-6,9-14,16H2,1H3. The zero-order valence-electron chi connectivity index (χ0n) is 17.7. The number of piperazine rings is 1. The predicted molar refractivity (Wildman–Crippen MR) is 121 cm³/mol. The van der Waals surface area contributed by atoms with E-state index in [4.69, 9.17) is 16.3 Å². The molecule has 0 spiro atoms. The maximum Gasteiger partial charge on any atom is 0.225 e. The van der Waals surface area contributed by atoms with Crippen molar-refractivity contribution in [2.45, 2.75) is 25.5 Å². The fourth-order valence-electron chi connectivity index (χ4n) is 4.02. The molecule has 4 rings (SSSR count). The molecule has 2 fully saturated rings. The van der Waals surface area contributed by atoms with E-state index in [1.165, 1.54) is 10.6 Å². The molecule has 0 atom stereocenters. The quantitative estimate of drug-likeness (QED) is 0.647. The van der Waals surface area contributed by atoms with Gasteiger partial charge in [-0.15, -0.1) is 0 Å². The van der Waals surface area contributed by atoms with Crippen LogP contribution in [0.1, 0.15) is 18.4 Å². The summed E-state index contributed by atoms with van der Waals surface area (Å²) in [6.07, 6.45) is 6.69. The van der Waals surface area contributed by atoms with Crippen molar-refractivity contribution in [2.24, 2.45) is 0 Å². The second-order valence-corrected chi connectivity index (χ2v) is 10.4. The van der Waals surface area contributed by atoms with Crippen molar-refractivity contribution in [1.29, 1.82) is 0 Å². The topological polar surface area (TPSA) is 78.9 Å². The lowest BCUT2D eigenvalue weighted by Gasteiger charge is -2.33. The molecule has 8 nitrogen and oxygen atoms in total. The Labute approximate surface area is 188 Å². The van der Waals surface area contributed by atoms with Gasteiger partial charge in [-0.25, -0.2) is 18.4 Å². The number of sulfonamides is 1. The van der Waals surface area contributed by atoms with Gasteiger partial charge in [-0.2, -0.15) is 4.31 Å². The number of hydrogen-bond acceptors (Lipinski definition) is 7. The van der Waals surface area contributed by atoms with E-state index in [-0.39, 0.29) is 6.10 Å². The van der Waals surface area contributed by atoms with Gasteiger partial charge < -0.3 is 9.64 Å². The average molecular weight is 466 g/mol. The average Bonchev–Trinajstić information content (AvgIpc) is 2.76. The highest BCUT2D eigenvalue weighted by atomic mass is 35.5. The van der Waals surface area contributed by atoms with Crippen LogP contribution in [0.4, 0.5) is 5.95 Å². The van der Waals surface area contributed by atoms with Crippen LogP contribution in [0.15, 0.2) is 36.7 Å². The van der Waals surface area contributed by atoms with Gasteiger partial charge in [0.25, 0.3) is 0 Å². The SMILES string of the molecule is CS(=O)(=O)N1CCN(Cc2ccc(OC3CCN(c4ncccn4)CC3)c(Cl)c2)CC1. The van der Waals surface area contributed by atoms with Crippen LogP contribution < -0.4 is 9.64 Å². The minimum atomic E-state index is -3.11. The molecular weight excluding hydrogens is 438 g/mol. The zero-order chi connectivity index (χ0) is 21.8. The Kier molecular flexibility index (Phi) is 6.95. The molecular formula is C21H28ClN5O3S. The Morgan fingerprint density at radius 1 is 1.06 bits per heavy atom. The van der Waals surface area contributed by atoms with E-state index in [0.29, 0.717) is 37.0 Å². The Morgan fingerprint density at radius 2 is 1.74 bits per heavy atom. The van der Waals surface area contributed by atoms with Gasteiger partial charge in [0.1, 0.15) is 11.9 Å². The third-order valence-electron chi connectivity index (χ3n) is 5.77. The van der Waals surface area contributed by atoms with E-state index < -0.39 is 10.0 Å². The number of ether oxygens (including phenoxy) is 1. The molecule has 0 N–H and O–H groups in total. The van der Waals surface area contributed by atoms with Crippen LogP contribution in [0.3, 0.4) is 0 Å². The molecule has 2 aliphatic rings. The normalized spacial score (nSPS) is 19.5. The molecule has 3 heterocycles. The maximum atomic E-state index is 11.7. The fraction of sp³-hybridized carbons (Fsp3) is 0.524. The lowest BCUT2D eigenvalue weighted by atomic mass is 10.1. The molecule has 0 radical (unpaired) electrons. The largest absolute Gasteiger partial charge is 0.489 e. The molecule has 2 aliphatic heterocycles. The zero-order valence-corrected chi connectivity index (χ0v) is 19.2. The number of hydrogen-bond donors (Lipinski definition) is 0. The van der Waals surface area contributed by atoms with Gasteiger partial charge in [0, 0.05) is 71.0 Å². The molecule has 1 aromatic carbocycles. The summed E-state index contributed by atoms with van der Waals surface area (Å²) in [6, 6.07) is 7.75. The second kappa shape index (κ2) is 9.68. The Hall–Kier alpha value is -1.94. The van der Waals surface area contributed by atoms with Crippen LogP contribution >= 0.6 is 11.6 Å². The third kappa shape index (κ3) is 5.85. The summed E-state index contributed by atoms with van der Waals surface area (Å²) in [6.45, 7) is 4.93. The molecule has 0 unspecified atom stereocenters. The van der Waals surface area contributed by atoms with Crippen molar-refractivity contribution in [1.82, 2.24) is 19.2 Å². The van der Waals surface area contributed by atoms with E-state index in [1.807, 2.05) is 24.3 Å². The number of anilines is 1. The number of benzene rings is 1. The molecule has 168 valence electrons. The molecule has 2 aromatic rings. The fourth-order valence-corrected chi connectivity index (χ4v) is 5.10. The highest BCUT2D eigenvalue weighted by Gasteiger charge is 2.24. The number of rotatable bonds is 6. The minimum Gasteiger partial charge on any atom is -0.489 e. The first kappa shape index (κ1) is 22.3. The van der Waals surface area contributed by atoms with Gasteiger partial charge in [-0.05, 0) is 23.8 Å². The first-order valence-corrected chi connectivity index (χ1v) is 12.8. The lowest BCUT2D eigenvalue weighted by Crippen LogP contribution is -2.47. The van der Waals surface area contributed by atoms with Crippen molar-refractivity contribution in [3.8, 4) is 5.75 Å². The van der Waals surface area contributed by atoms with Crippen molar-refractivity contribution >= 4 is 27.6 Å². The smallest absolute Gasteiger partial charge is 0.225 e. The molecule has 31 heavy (non-hydrogen) atoms.